The van der Waals surface area contributed by atoms with Crippen LogP contribution in [0.5, 0.6) is 0 Å². The van der Waals surface area contributed by atoms with Crippen molar-refractivity contribution in [2.24, 2.45) is 0 Å². The molecule has 7 heteroatoms. The molecule has 1 heterocycles. The zero-order chi connectivity index (χ0) is 19.8. The van der Waals surface area contributed by atoms with Crippen molar-refractivity contribution in [2.45, 2.75) is 6.42 Å². The highest BCUT2D eigenvalue weighted by Crippen LogP contribution is 2.31. The van der Waals surface area contributed by atoms with Gasteiger partial charge in [-0.3, -0.25) is 9.09 Å². The lowest BCUT2D eigenvalue weighted by Gasteiger charge is -2.30. The number of aromatic amines is 1. The summed E-state index contributed by atoms with van der Waals surface area (Å²) in [7, 11) is -5.30. The number of phosphoric ester groups is 1. The van der Waals surface area contributed by atoms with Crippen LogP contribution < -0.4 is 4.89 Å². The fraction of sp³-hybridized carbons (Fsp3) is 0.385. The number of hydrogen-bond acceptors (Lipinski definition) is 3. The summed E-state index contributed by atoms with van der Waals surface area (Å²) in [5.74, 6) is 0. The molecule has 0 aliphatic heterocycles. The van der Waals surface area contributed by atoms with E-state index < -0.39 is 39.5 Å². The largest absolute Gasteiger partial charge is 0.756 e. The predicted octanol–water partition coefficient (Wildman–Crippen LogP) is 1.22. The van der Waals surface area contributed by atoms with E-state index in [1.807, 2.05) is 12.1 Å². The van der Waals surface area contributed by atoms with Crippen LogP contribution in [-0.2, 0) is 15.5 Å². The molecule has 0 aliphatic carbocycles. The summed E-state index contributed by atoms with van der Waals surface area (Å²) < 4.78 is 59.6. The molecule has 20 heavy (non-hydrogen) atoms. The molecule has 2 N–H and O–H groups in total. The minimum absolute atomic E-state index is 0.0404. The fourth-order valence-electron chi connectivity index (χ4n) is 1.89. The van der Waals surface area contributed by atoms with Gasteiger partial charge in [-0.1, -0.05) is 18.2 Å². The average molecular weight is 304 g/mol. The molecule has 1 unspecified atom stereocenters. The number of H-pyrrole nitrogens is 1. The Labute approximate surface area is 126 Å². The highest BCUT2D eigenvalue weighted by atomic mass is 31.2. The highest BCUT2D eigenvalue weighted by molar-refractivity contribution is 7.44. The van der Waals surface area contributed by atoms with E-state index in [2.05, 4.69) is 9.51 Å². The Kier molecular flexibility index (Phi) is 2.55. The molecule has 2 aromatic rings. The van der Waals surface area contributed by atoms with Crippen LogP contribution in [0, 0.1) is 0 Å². The first-order chi connectivity index (χ1) is 11.8. The molecule has 0 spiro atoms. The van der Waals surface area contributed by atoms with Gasteiger partial charge in [-0.05, 0) is 11.6 Å². The first kappa shape index (κ1) is 8.97. The summed E-state index contributed by atoms with van der Waals surface area (Å²) >= 11 is 0. The summed E-state index contributed by atoms with van der Waals surface area (Å²) in [4.78, 5) is 22.7. The van der Waals surface area contributed by atoms with Gasteiger partial charge in [0, 0.05) is 23.5 Å². The lowest BCUT2D eigenvalue weighted by atomic mass is 10.1. The van der Waals surface area contributed by atoms with Gasteiger partial charge >= 0.3 is 0 Å². The monoisotopic (exact) mass is 304 g/mol. The molecular formula is C13H19N2O4P. The number of aromatic nitrogens is 1. The van der Waals surface area contributed by atoms with Crippen molar-refractivity contribution in [3.05, 3.63) is 36.0 Å². The predicted molar refractivity (Wildman–Crippen MR) is 74.8 cm³/mol. The minimum atomic E-state index is -5.30. The molecule has 1 atom stereocenters. The van der Waals surface area contributed by atoms with Crippen LogP contribution in [0.3, 0.4) is 0 Å². The molecule has 0 saturated heterocycles. The third-order valence-electron chi connectivity index (χ3n) is 2.88. The zero-order valence-electron chi connectivity index (χ0n) is 16.6. The molecule has 2 rings (SSSR count). The summed E-state index contributed by atoms with van der Waals surface area (Å²) in [5, 5.41) is 0.805. The van der Waals surface area contributed by atoms with E-state index in [9.17, 15) is 9.46 Å². The maximum absolute atomic E-state index is 10.9. The highest BCUT2D eigenvalue weighted by Gasteiger charge is 2.18. The van der Waals surface area contributed by atoms with Gasteiger partial charge in [-0.25, -0.2) is 0 Å². The Morgan fingerprint density at radius 3 is 2.95 bits per heavy atom. The first-order valence-electron chi connectivity index (χ1n) is 8.87. The van der Waals surface area contributed by atoms with Crippen molar-refractivity contribution in [3.63, 3.8) is 0 Å². The second kappa shape index (κ2) is 5.68. The van der Waals surface area contributed by atoms with E-state index in [1.165, 1.54) is 0 Å². The van der Waals surface area contributed by atoms with Crippen molar-refractivity contribution >= 4 is 18.7 Å². The van der Waals surface area contributed by atoms with E-state index in [-0.39, 0.29) is 6.42 Å². The van der Waals surface area contributed by atoms with Gasteiger partial charge < -0.3 is 19.3 Å². The normalized spacial score (nSPS) is 21.1. The number of hydrogen-bond donors (Lipinski definition) is 2. The Morgan fingerprint density at radius 1 is 1.50 bits per heavy atom. The van der Waals surface area contributed by atoms with Gasteiger partial charge in [0.1, 0.15) is 0 Å². The standard InChI is InChI=1S/C13H19N2O4P/c1-15(2,10-19-20(16,17)18)8-7-11-9-14-13-6-4-3-5-12(11)13/h3-6,9,14H,7-8,10H2,1-2H3,(H-,16,17,18)/i1D3,2D3. The minimum Gasteiger partial charge on any atom is -0.756 e. The number of fused-ring (bicyclic) bond motifs is 1. The van der Waals surface area contributed by atoms with Gasteiger partial charge in [0.25, 0.3) is 7.82 Å². The summed E-state index contributed by atoms with van der Waals surface area (Å²) in [6, 6.07) is 7.22. The topological polar surface area (TPSA) is 85.4 Å². The van der Waals surface area contributed by atoms with Crippen molar-refractivity contribution in [2.75, 3.05) is 27.2 Å². The first-order valence-corrected chi connectivity index (χ1v) is 7.37. The number of rotatable bonds is 6. The number of nitrogens with one attached hydrogen (secondary N) is 1. The molecule has 0 aliphatic rings. The van der Waals surface area contributed by atoms with E-state index >= 15 is 0 Å². The van der Waals surface area contributed by atoms with Crippen LogP contribution in [0.2, 0.25) is 0 Å². The number of nitrogens with zero attached hydrogens (tertiary/aromatic N) is 1. The zero-order valence-corrected chi connectivity index (χ0v) is 11.5. The molecular weight excluding hydrogens is 279 g/mol. The fourth-order valence-corrected chi connectivity index (χ4v) is 2.23. The second-order valence-corrected chi connectivity index (χ2v) is 5.72. The molecule has 0 fully saturated rings. The van der Waals surface area contributed by atoms with Gasteiger partial charge in [0.15, 0.2) is 6.73 Å². The van der Waals surface area contributed by atoms with E-state index in [0.29, 0.717) is 5.56 Å². The van der Waals surface area contributed by atoms with Crippen LogP contribution in [0.1, 0.15) is 13.8 Å². The lowest BCUT2D eigenvalue weighted by Crippen LogP contribution is -2.43. The summed E-state index contributed by atoms with van der Waals surface area (Å²) in [6.07, 6.45) is 1.68. The molecule has 0 amide bonds. The van der Waals surface area contributed by atoms with Crippen LogP contribution in [0.4, 0.5) is 0 Å². The number of benzene rings is 1. The Hall–Kier alpha value is -1.17. The molecule has 6 nitrogen and oxygen atoms in total. The van der Waals surface area contributed by atoms with Crippen molar-refractivity contribution < 1.29 is 31.6 Å². The Bertz CT molecular complexity index is 799. The number of para-hydroxylation sites is 1. The molecule has 1 aromatic heterocycles. The van der Waals surface area contributed by atoms with Gasteiger partial charge in [0.2, 0.25) is 0 Å². The van der Waals surface area contributed by atoms with E-state index in [0.717, 1.165) is 10.9 Å². The maximum Gasteiger partial charge on any atom is 0.269 e. The van der Waals surface area contributed by atoms with Crippen LogP contribution in [-0.4, -0.2) is 41.6 Å². The molecule has 0 radical (unpaired) electrons. The summed E-state index contributed by atoms with van der Waals surface area (Å²) in [6.45, 7) is -7.89. The molecule has 0 bridgehead atoms. The van der Waals surface area contributed by atoms with Crippen molar-refractivity contribution in [3.8, 4) is 0 Å². The third kappa shape index (κ3) is 4.16. The summed E-state index contributed by atoms with van der Waals surface area (Å²) in [5.41, 5.74) is 1.49. The SMILES string of the molecule is [2H]C([2H])([2H])[N+](CCc1c[nH]c2ccccc12)(COP(=O)([O-])O)C([2H])([2H])[2H]. The molecule has 0 saturated carbocycles. The number of phosphoric acid groups is 1. The third-order valence-corrected chi connectivity index (χ3v) is 3.32. The number of likely N-dealkylation sites (N-methyl/N-ethyl adjacent to an activating group) is 1. The van der Waals surface area contributed by atoms with Crippen LogP contribution in [0.15, 0.2) is 30.5 Å². The number of quaternary nitrogens is 1. The van der Waals surface area contributed by atoms with Crippen LogP contribution in [0.25, 0.3) is 10.9 Å². The van der Waals surface area contributed by atoms with Crippen molar-refractivity contribution in [1.29, 1.82) is 0 Å². The smallest absolute Gasteiger partial charge is 0.269 e. The quantitative estimate of drug-likeness (QED) is 0.477. The van der Waals surface area contributed by atoms with Gasteiger partial charge in [-0.2, -0.15) is 0 Å². The molecule has 110 valence electrons. The van der Waals surface area contributed by atoms with E-state index in [1.54, 1.807) is 18.3 Å². The average Bonchev–Trinajstić information content (AvgIpc) is 2.87. The van der Waals surface area contributed by atoms with Crippen molar-refractivity contribution in [1.82, 2.24) is 4.98 Å². The second-order valence-electron chi connectivity index (χ2n) is 4.53. The van der Waals surface area contributed by atoms with Gasteiger partial charge in [-0.15, -0.1) is 0 Å². The van der Waals surface area contributed by atoms with Crippen LogP contribution >= 0.6 is 7.82 Å². The Morgan fingerprint density at radius 2 is 2.25 bits per heavy atom. The lowest BCUT2D eigenvalue weighted by molar-refractivity contribution is -0.906. The maximum atomic E-state index is 10.9. The van der Waals surface area contributed by atoms with Gasteiger partial charge in [0.05, 0.1) is 28.7 Å². The molecule has 1 aromatic carbocycles. The van der Waals surface area contributed by atoms with E-state index in [4.69, 9.17) is 13.1 Å². The Balaban J connectivity index is 2.38.